The Morgan fingerprint density at radius 2 is 1.92 bits per heavy atom. The Kier molecular flexibility index (Phi) is 6.97. The van der Waals surface area contributed by atoms with Gasteiger partial charge < -0.3 is 9.84 Å². The van der Waals surface area contributed by atoms with Crippen LogP contribution in [0, 0.1) is 6.92 Å². The van der Waals surface area contributed by atoms with Crippen molar-refractivity contribution < 1.29 is 23.4 Å². The van der Waals surface area contributed by atoms with Crippen molar-refractivity contribution in [2.75, 3.05) is 12.4 Å². The lowest BCUT2D eigenvalue weighted by Gasteiger charge is -2.32. The first-order valence-electron chi connectivity index (χ1n) is 12.0. The zero-order chi connectivity index (χ0) is 27.0. The number of hydrogen-bond donors (Lipinski definition) is 2. The molecular formula is C25H25F2N7O3S. The van der Waals surface area contributed by atoms with Gasteiger partial charge in [0.15, 0.2) is 15.6 Å². The quantitative estimate of drug-likeness (QED) is 0.351. The first-order valence-corrected chi connectivity index (χ1v) is 12.8. The number of carbonyl (C=O) groups excluding carboxylic acids is 1. The van der Waals surface area contributed by atoms with Crippen LogP contribution in [0.25, 0.3) is 21.6 Å². The summed E-state index contributed by atoms with van der Waals surface area (Å²) in [6.45, 7) is 3.57. The van der Waals surface area contributed by atoms with Crippen molar-refractivity contribution in [3.63, 3.8) is 0 Å². The van der Waals surface area contributed by atoms with Crippen molar-refractivity contribution in [2.24, 2.45) is 0 Å². The molecule has 2 N–H and O–H groups in total. The molecule has 1 saturated carbocycles. The Morgan fingerprint density at radius 1 is 1.16 bits per heavy atom. The third-order valence-electron chi connectivity index (χ3n) is 6.61. The van der Waals surface area contributed by atoms with Crippen LogP contribution in [0.2, 0.25) is 0 Å². The van der Waals surface area contributed by atoms with Crippen LogP contribution >= 0.6 is 11.3 Å². The van der Waals surface area contributed by atoms with E-state index in [4.69, 9.17) is 9.72 Å². The summed E-state index contributed by atoms with van der Waals surface area (Å²) < 4.78 is 31.9. The molecule has 0 unspecified atom stereocenters. The summed E-state index contributed by atoms with van der Waals surface area (Å²) in [7, 11) is 1.34. The number of aryl methyl sites for hydroxylation is 1. The van der Waals surface area contributed by atoms with E-state index < -0.39 is 23.6 Å². The molecule has 4 aromatic rings. The van der Waals surface area contributed by atoms with Gasteiger partial charge in [-0.15, -0.1) is 10.2 Å². The maximum absolute atomic E-state index is 13.3. The summed E-state index contributed by atoms with van der Waals surface area (Å²) in [5.41, 5.74) is 1.26. The molecule has 4 heterocycles. The van der Waals surface area contributed by atoms with E-state index in [0.717, 1.165) is 24.6 Å². The number of carbonyl (C=O) groups is 1. The molecule has 10 nitrogen and oxygen atoms in total. The van der Waals surface area contributed by atoms with Gasteiger partial charge in [-0.2, -0.15) is 4.98 Å². The summed E-state index contributed by atoms with van der Waals surface area (Å²) in [6, 6.07) is 2.75. The van der Waals surface area contributed by atoms with Gasteiger partial charge in [-0.05, 0) is 51.7 Å². The van der Waals surface area contributed by atoms with Crippen molar-refractivity contribution in [1.82, 2.24) is 30.1 Å². The van der Waals surface area contributed by atoms with Crippen LogP contribution in [-0.2, 0) is 0 Å². The van der Waals surface area contributed by atoms with Gasteiger partial charge in [0.25, 0.3) is 12.3 Å². The van der Waals surface area contributed by atoms with Crippen LogP contribution < -0.4 is 10.1 Å². The largest absolute Gasteiger partial charge is 0.479 e. The molecule has 38 heavy (non-hydrogen) atoms. The van der Waals surface area contributed by atoms with Crippen molar-refractivity contribution in [3.05, 3.63) is 47.2 Å². The molecule has 0 bridgehead atoms. The first kappa shape index (κ1) is 25.9. The molecule has 0 atom stereocenters. The van der Waals surface area contributed by atoms with Gasteiger partial charge in [0.05, 0.1) is 30.2 Å². The molecule has 0 spiro atoms. The molecular weight excluding hydrogens is 516 g/mol. The molecule has 1 aliphatic carbocycles. The van der Waals surface area contributed by atoms with Crippen LogP contribution in [0.3, 0.4) is 0 Å². The van der Waals surface area contributed by atoms with E-state index in [1.54, 1.807) is 19.2 Å². The zero-order valence-corrected chi connectivity index (χ0v) is 21.7. The third kappa shape index (κ3) is 5.29. The van der Waals surface area contributed by atoms with Crippen molar-refractivity contribution in [2.45, 2.75) is 57.5 Å². The highest BCUT2D eigenvalue weighted by atomic mass is 32.1. The summed E-state index contributed by atoms with van der Waals surface area (Å²) in [6.07, 6.45) is 3.25. The molecule has 1 amide bonds. The average molecular weight is 542 g/mol. The number of anilines is 1. The summed E-state index contributed by atoms with van der Waals surface area (Å²) >= 11 is 1.18. The Labute approximate surface area is 220 Å². The van der Waals surface area contributed by atoms with E-state index >= 15 is 0 Å². The maximum atomic E-state index is 13.3. The second kappa shape index (κ2) is 10.2. The number of thiazole rings is 1. The highest BCUT2D eigenvalue weighted by molar-refractivity contribution is 7.21. The second-order valence-electron chi connectivity index (χ2n) is 9.53. The van der Waals surface area contributed by atoms with Gasteiger partial charge in [0, 0.05) is 28.9 Å². The summed E-state index contributed by atoms with van der Waals surface area (Å²) in [5, 5.41) is 20.5. The van der Waals surface area contributed by atoms with Crippen molar-refractivity contribution in [3.8, 4) is 17.0 Å². The van der Waals surface area contributed by atoms with Gasteiger partial charge in [-0.3, -0.25) is 15.1 Å². The van der Waals surface area contributed by atoms with Crippen LogP contribution in [0.1, 0.15) is 72.4 Å². The predicted octanol–water partition coefficient (Wildman–Crippen LogP) is 4.85. The zero-order valence-electron chi connectivity index (χ0n) is 20.9. The highest BCUT2D eigenvalue weighted by Crippen LogP contribution is 2.38. The Hall–Kier alpha value is -3.71. The van der Waals surface area contributed by atoms with Crippen LogP contribution in [0.15, 0.2) is 24.5 Å². The van der Waals surface area contributed by atoms with Gasteiger partial charge in [-0.1, -0.05) is 11.3 Å². The van der Waals surface area contributed by atoms with Gasteiger partial charge >= 0.3 is 0 Å². The van der Waals surface area contributed by atoms with E-state index in [2.05, 4.69) is 30.5 Å². The molecule has 0 aromatic carbocycles. The number of pyridine rings is 1. The number of rotatable bonds is 6. The van der Waals surface area contributed by atoms with Crippen molar-refractivity contribution in [1.29, 1.82) is 0 Å². The number of amides is 1. The lowest BCUT2D eigenvalue weighted by molar-refractivity contribution is 0.0168. The first-order chi connectivity index (χ1) is 18.1. The van der Waals surface area contributed by atoms with E-state index in [-0.39, 0.29) is 28.1 Å². The number of hydrogen-bond acceptors (Lipinski definition) is 10. The van der Waals surface area contributed by atoms with Crippen LogP contribution in [-0.4, -0.2) is 53.9 Å². The minimum atomic E-state index is -2.85. The SMILES string of the molecule is COc1nnc(C(F)F)cc1-c1cc(C)ncc1C(=O)Nc1nc2ncc(C3CCC(C)(O)CC3)nc2s1. The fourth-order valence-corrected chi connectivity index (χ4v) is 5.29. The summed E-state index contributed by atoms with van der Waals surface area (Å²) in [4.78, 5) is 31.6. The molecule has 0 saturated heterocycles. The fraction of sp³-hybridized carbons (Fsp3) is 0.400. The topological polar surface area (TPSA) is 136 Å². The molecule has 4 aromatic heterocycles. The molecule has 1 aliphatic rings. The van der Waals surface area contributed by atoms with Crippen molar-refractivity contribution >= 4 is 32.9 Å². The number of aliphatic hydroxyl groups is 1. The van der Waals surface area contributed by atoms with E-state index in [1.807, 2.05) is 6.92 Å². The summed E-state index contributed by atoms with van der Waals surface area (Å²) in [5.74, 6) is -0.339. The lowest BCUT2D eigenvalue weighted by atomic mass is 9.79. The average Bonchev–Trinajstić information content (AvgIpc) is 3.29. The third-order valence-corrected chi connectivity index (χ3v) is 7.47. The molecule has 1 fully saturated rings. The Balaban J connectivity index is 1.43. The number of alkyl halides is 2. The van der Waals surface area contributed by atoms with E-state index in [9.17, 15) is 18.7 Å². The van der Waals surface area contributed by atoms with E-state index in [0.29, 0.717) is 34.6 Å². The monoisotopic (exact) mass is 541 g/mol. The number of halogens is 2. The second-order valence-corrected chi connectivity index (χ2v) is 10.5. The van der Waals surface area contributed by atoms with Gasteiger partial charge in [0.2, 0.25) is 5.88 Å². The Morgan fingerprint density at radius 3 is 2.63 bits per heavy atom. The molecule has 13 heteroatoms. The van der Waals surface area contributed by atoms with Crippen LogP contribution in [0.4, 0.5) is 13.9 Å². The number of nitrogens with one attached hydrogen (secondary N) is 1. The molecule has 5 rings (SSSR count). The molecule has 0 radical (unpaired) electrons. The van der Waals surface area contributed by atoms with Gasteiger partial charge in [0.1, 0.15) is 5.69 Å². The maximum Gasteiger partial charge on any atom is 0.282 e. The minimum Gasteiger partial charge on any atom is -0.479 e. The lowest BCUT2D eigenvalue weighted by Crippen LogP contribution is -2.29. The molecule has 0 aliphatic heterocycles. The Bertz CT molecular complexity index is 1500. The molecule has 198 valence electrons. The standard InChI is InChI=1S/C25H25F2N7O3S/c1-12-8-14(15-9-17(19(26)27)33-34-22(15)37-3)16(10-28-12)21(35)32-24-31-20-23(38-24)30-18(11-29-20)13-4-6-25(2,36)7-5-13/h8-11,13,19,36H,4-7H2,1-3H3,(H,29,31,32,35). The number of nitrogens with zero attached hydrogens (tertiary/aromatic N) is 6. The van der Waals surface area contributed by atoms with Gasteiger partial charge in [-0.25, -0.2) is 18.7 Å². The van der Waals surface area contributed by atoms with Crippen LogP contribution in [0.5, 0.6) is 5.88 Å². The minimum absolute atomic E-state index is 0.000748. The fourth-order valence-electron chi connectivity index (χ4n) is 4.49. The predicted molar refractivity (Wildman–Crippen MR) is 137 cm³/mol. The number of fused-ring (bicyclic) bond motifs is 1. The number of aromatic nitrogens is 6. The smallest absolute Gasteiger partial charge is 0.282 e. The number of methoxy groups -OCH3 is 1. The normalized spacial score (nSPS) is 19.6. The number of ether oxygens (including phenoxy) is 1. The van der Waals surface area contributed by atoms with E-state index in [1.165, 1.54) is 24.6 Å². The highest BCUT2D eigenvalue weighted by Gasteiger charge is 2.30.